The van der Waals surface area contributed by atoms with E-state index in [1.54, 1.807) is 23.5 Å². The van der Waals surface area contributed by atoms with E-state index >= 15 is 0 Å². The van der Waals surface area contributed by atoms with Gasteiger partial charge >= 0.3 is 0 Å². The summed E-state index contributed by atoms with van der Waals surface area (Å²) in [7, 11) is -1.99. The molecule has 0 aliphatic carbocycles. The maximum Gasteiger partial charge on any atom is 0.243 e. The second kappa shape index (κ2) is 10.6. The lowest BCUT2D eigenvalue weighted by Gasteiger charge is -2.35. The van der Waals surface area contributed by atoms with E-state index in [1.165, 1.54) is 5.56 Å². The van der Waals surface area contributed by atoms with Gasteiger partial charge in [-0.05, 0) is 53.8 Å². The van der Waals surface area contributed by atoms with Crippen molar-refractivity contribution in [1.82, 2.24) is 9.21 Å². The Labute approximate surface area is 191 Å². The van der Waals surface area contributed by atoms with Crippen molar-refractivity contribution in [2.24, 2.45) is 5.92 Å². The number of piperidine rings is 1. The summed E-state index contributed by atoms with van der Waals surface area (Å²) < 4.78 is 34.0. The largest absolute Gasteiger partial charge is 0.383 e. The van der Waals surface area contributed by atoms with Crippen molar-refractivity contribution in [3.05, 3.63) is 78.4 Å². The fourth-order valence-corrected chi connectivity index (χ4v) is 6.09. The molecule has 0 amide bonds. The van der Waals surface area contributed by atoms with Crippen molar-refractivity contribution in [2.45, 2.75) is 24.3 Å². The van der Waals surface area contributed by atoms with Crippen LogP contribution in [0.2, 0.25) is 0 Å². The smallest absolute Gasteiger partial charge is 0.243 e. The van der Waals surface area contributed by atoms with Crippen LogP contribution in [0, 0.1) is 5.92 Å². The Morgan fingerprint density at radius 2 is 1.75 bits per heavy atom. The summed E-state index contributed by atoms with van der Waals surface area (Å²) in [5.41, 5.74) is 1.30. The van der Waals surface area contributed by atoms with Gasteiger partial charge in [0.1, 0.15) is 0 Å². The molecule has 0 N–H and O–H groups in total. The van der Waals surface area contributed by atoms with Gasteiger partial charge in [-0.3, -0.25) is 4.90 Å². The van der Waals surface area contributed by atoms with Crippen LogP contribution in [0.4, 0.5) is 0 Å². The molecule has 0 radical (unpaired) electrons. The monoisotopic (exact) mass is 452 g/mol. The molecular formula is C26H32N2O3S. The van der Waals surface area contributed by atoms with Crippen LogP contribution < -0.4 is 0 Å². The molecule has 1 fully saturated rings. The number of hydrogen-bond donors (Lipinski definition) is 0. The van der Waals surface area contributed by atoms with Crippen LogP contribution in [0.25, 0.3) is 10.8 Å². The quantitative estimate of drug-likeness (QED) is 0.483. The highest BCUT2D eigenvalue weighted by Gasteiger charge is 2.29. The fraction of sp³-hybridized carbons (Fsp3) is 0.385. The van der Waals surface area contributed by atoms with E-state index < -0.39 is 10.0 Å². The third-order valence-electron chi connectivity index (χ3n) is 6.22. The zero-order valence-electron chi connectivity index (χ0n) is 18.7. The zero-order valence-corrected chi connectivity index (χ0v) is 19.5. The summed E-state index contributed by atoms with van der Waals surface area (Å²) in [5, 5.41) is 1.98. The Hall–Kier alpha value is -2.25. The van der Waals surface area contributed by atoms with Crippen molar-refractivity contribution in [3.63, 3.8) is 0 Å². The Morgan fingerprint density at radius 3 is 2.53 bits per heavy atom. The first-order chi connectivity index (χ1) is 15.6. The molecule has 1 aliphatic heterocycles. The van der Waals surface area contributed by atoms with Crippen LogP contribution in [-0.4, -0.2) is 57.5 Å². The minimum absolute atomic E-state index is 0.305. The number of likely N-dealkylation sites (tertiary alicyclic amines) is 1. The van der Waals surface area contributed by atoms with Gasteiger partial charge < -0.3 is 4.74 Å². The zero-order chi connectivity index (χ0) is 22.4. The van der Waals surface area contributed by atoms with Crippen LogP contribution >= 0.6 is 0 Å². The minimum Gasteiger partial charge on any atom is -0.383 e. The molecule has 32 heavy (non-hydrogen) atoms. The highest BCUT2D eigenvalue weighted by molar-refractivity contribution is 7.89. The summed E-state index contributed by atoms with van der Waals surface area (Å²) in [6, 6.07) is 23.7. The topological polar surface area (TPSA) is 49.9 Å². The van der Waals surface area contributed by atoms with Crippen LogP contribution in [0.15, 0.2) is 77.7 Å². The lowest BCUT2D eigenvalue weighted by atomic mass is 9.97. The Bertz CT molecular complexity index is 1120. The molecule has 4 rings (SSSR count). The second-order valence-electron chi connectivity index (χ2n) is 8.59. The SMILES string of the molecule is COCCN(C[C@H]1CCCN(Cc2ccccc2)C1)S(=O)(=O)c1ccc2ccccc2c1. The summed E-state index contributed by atoms with van der Waals surface area (Å²) in [4.78, 5) is 2.80. The minimum atomic E-state index is -3.61. The van der Waals surface area contributed by atoms with E-state index in [4.69, 9.17) is 4.74 Å². The highest BCUT2D eigenvalue weighted by atomic mass is 32.2. The summed E-state index contributed by atoms with van der Waals surface area (Å²) in [6.07, 6.45) is 2.13. The first kappa shape index (κ1) is 22.9. The molecule has 0 spiro atoms. The average molecular weight is 453 g/mol. The number of fused-ring (bicyclic) bond motifs is 1. The Kier molecular flexibility index (Phi) is 7.58. The maximum atomic E-state index is 13.6. The standard InChI is InChI=1S/C26H32N2O3S/c1-31-17-16-28(32(29,30)26-14-13-24-11-5-6-12-25(24)18-26)21-23-10-7-15-27(20-23)19-22-8-3-2-4-9-22/h2-6,8-9,11-14,18,23H,7,10,15-17,19-21H2,1H3/t23-/m0/s1. The molecule has 1 heterocycles. The van der Waals surface area contributed by atoms with E-state index in [2.05, 4.69) is 29.2 Å². The molecular weight excluding hydrogens is 420 g/mol. The molecule has 1 atom stereocenters. The van der Waals surface area contributed by atoms with Crippen molar-refractivity contribution < 1.29 is 13.2 Å². The molecule has 170 valence electrons. The van der Waals surface area contributed by atoms with E-state index in [9.17, 15) is 8.42 Å². The molecule has 6 heteroatoms. The second-order valence-corrected chi connectivity index (χ2v) is 10.5. The van der Waals surface area contributed by atoms with Gasteiger partial charge in [-0.15, -0.1) is 0 Å². The van der Waals surface area contributed by atoms with E-state index in [0.29, 0.717) is 30.5 Å². The van der Waals surface area contributed by atoms with E-state index in [1.807, 2.05) is 36.4 Å². The molecule has 1 saturated heterocycles. The van der Waals surface area contributed by atoms with Gasteiger partial charge in [0.05, 0.1) is 11.5 Å². The number of nitrogens with zero attached hydrogens (tertiary/aromatic N) is 2. The van der Waals surface area contributed by atoms with Crippen LogP contribution in [0.5, 0.6) is 0 Å². The van der Waals surface area contributed by atoms with E-state index in [0.717, 1.165) is 43.2 Å². The Balaban J connectivity index is 1.50. The number of sulfonamides is 1. The number of ether oxygens (including phenoxy) is 1. The van der Waals surface area contributed by atoms with Crippen LogP contribution in [-0.2, 0) is 21.3 Å². The molecule has 1 aliphatic rings. The van der Waals surface area contributed by atoms with Gasteiger partial charge in [-0.2, -0.15) is 4.31 Å². The van der Waals surface area contributed by atoms with Crippen molar-refractivity contribution in [1.29, 1.82) is 0 Å². The lowest BCUT2D eigenvalue weighted by Crippen LogP contribution is -2.43. The third-order valence-corrected chi connectivity index (χ3v) is 8.08. The summed E-state index contributed by atoms with van der Waals surface area (Å²) in [6.45, 7) is 4.14. The van der Waals surface area contributed by atoms with Gasteiger partial charge in [0.15, 0.2) is 0 Å². The number of methoxy groups -OCH3 is 1. The van der Waals surface area contributed by atoms with Gasteiger partial charge in [0.2, 0.25) is 10.0 Å². The average Bonchev–Trinajstić information content (AvgIpc) is 2.82. The molecule has 3 aromatic rings. The first-order valence-electron chi connectivity index (χ1n) is 11.3. The predicted molar refractivity (Wildman–Crippen MR) is 129 cm³/mol. The predicted octanol–water partition coefficient (Wildman–Crippen LogP) is 4.39. The molecule has 0 saturated carbocycles. The lowest BCUT2D eigenvalue weighted by molar-refractivity contribution is 0.135. The first-order valence-corrected chi connectivity index (χ1v) is 12.7. The molecule has 3 aromatic carbocycles. The van der Waals surface area contributed by atoms with Crippen molar-refractivity contribution in [3.8, 4) is 0 Å². The number of benzene rings is 3. The van der Waals surface area contributed by atoms with Gasteiger partial charge in [0.25, 0.3) is 0 Å². The highest BCUT2D eigenvalue weighted by Crippen LogP contribution is 2.25. The van der Waals surface area contributed by atoms with E-state index in [-0.39, 0.29) is 0 Å². The normalized spacial score (nSPS) is 17.8. The number of rotatable bonds is 9. The van der Waals surface area contributed by atoms with Gasteiger partial charge in [-0.25, -0.2) is 8.42 Å². The molecule has 0 bridgehead atoms. The Morgan fingerprint density at radius 1 is 1.00 bits per heavy atom. The summed E-state index contributed by atoms with van der Waals surface area (Å²) >= 11 is 0. The van der Waals surface area contributed by atoms with Gasteiger partial charge in [-0.1, -0.05) is 60.7 Å². The maximum absolute atomic E-state index is 13.6. The van der Waals surface area contributed by atoms with Crippen molar-refractivity contribution in [2.75, 3.05) is 39.9 Å². The molecule has 5 nitrogen and oxygen atoms in total. The summed E-state index contributed by atoms with van der Waals surface area (Å²) in [5.74, 6) is 0.305. The third kappa shape index (κ3) is 5.56. The number of hydrogen-bond acceptors (Lipinski definition) is 4. The van der Waals surface area contributed by atoms with Gasteiger partial charge in [0, 0.05) is 33.3 Å². The molecule has 0 aromatic heterocycles. The fourth-order valence-electron chi connectivity index (χ4n) is 4.55. The van der Waals surface area contributed by atoms with Crippen molar-refractivity contribution >= 4 is 20.8 Å². The van der Waals surface area contributed by atoms with Crippen LogP contribution in [0.3, 0.4) is 0 Å². The van der Waals surface area contributed by atoms with Crippen LogP contribution in [0.1, 0.15) is 18.4 Å². The molecule has 0 unspecified atom stereocenters.